The largest absolute Gasteiger partial charge is 0.497 e. The maximum absolute atomic E-state index is 13.0. The van der Waals surface area contributed by atoms with Gasteiger partial charge in [0.05, 0.1) is 19.9 Å². The summed E-state index contributed by atoms with van der Waals surface area (Å²) in [5.74, 6) is 2.13. The second kappa shape index (κ2) is 6.96. The summed E-state index contributed by atoms with van der Waals surface area (Å²) in [4.78, 5) is 17.6. The summed E-state index contributed by atoms with van der Waals surface area (Å²) in [5, 5.41) is 0. The van der Waals surface area contributed by atoms with Crippen molar-refractivity contribution in [2.24, 2.45) is 0 Å². The number of hydrogen-bond donors (Lipinski definition) is 0. The Morgan fingerprint density at radius 2 is 1.96 bits per heavy atom. The molecule has 2 aromatic heterocycles. The Morgan fingerprint density at radius 1 is 1.23 bits per heavy atom. The predicted octanol–water partition coefficient (Wildman–Crippen LogP) is 2.76. The zero-order valence-corrected chi connectivity index (χ0v) is 15.1. The van der Waals surface area contributed by atoms with Gasteiger partial charge in [-0.1, -0.05) is 12.1 Å². The number of aryl methyl sites for hydroxylation is 1. The zero-order valence-electron chi connectivity index (χ0n) is 15.1. The number of benzene rings is 1. The molecular formula is C20H23N3O3. The van der Waals surface area contributed by atoms with Gasteiger partial charge in [-0.2, -0.15) is 0 Å². The molecular weight excluding hydrogens is 330 g/mol. The predicted molar refractivity (Wildman–Crippen MR) is 99.1 cm³/mol. The van der Waals surface area contributed by atoms with Crippen LogP contribution in [-0.4, -0.2) is 34.3 Å². The van der Waals surface area contributed by atoms with Crippen LogP contribution < -0.4 is 10.3 Å². The Kier molecular flexibility index (Phi) is 4.51. The molecule has 0 bridgehead atoms. The van der Waals surface area contributed by atoms with Crippen molar-refractivity contribution < 1.29 is 9.47 Å². The number of hydrogen-bond acceptors (Lipinski definition) is 4. The minimum Gasteiger partial charge on any atom is -0.497 e. The molecule has 0 saturated carbocycles. The van der Waals surface area contributed by atoms with E-state index in [-0.39, 0.29) is 5.56 Å². The normalized spacial score (nSPS) is 15.5. The molecule has 1 aliphatic rings. The van der Waals surface area contributed by atoms with Crippen molar-refractivity contribution >= 4 is 5.52 Å². The highest BCUT2D eigenvalue weighted by atomic mass is 16.5. The van der Waals surface area contributed by atoms with Crippen LogP contribution in [0.15, 0.2) is 41.5 Å². The molecule has 6 nitrogen and oxygen atoms in total. The summed E-state index contributed by atoms with van der Waals surface area (Å²) in [6.07, 6.45) is 5.63. The number of imidazole rings is 1. The van der Waals surface area contributed by atoms with Crippen molar-refractivity contribution in [2.75, 3.05) is 20.3 Å². The van der Waals surface area contributed by atoms with E-state index in [4.69, 9.17) is 9.47 Å². The van der Waals surface area contributed by atoms with Gasteiger partial charge in [-0.05, 0) is 37.5 Å². The van der Waals surface area contributed by atoms with Crippen LogP contribution in [0.25, 0.3) is 5.52 Å². The minimum absolute atomic E-state index is 0.00775. The third-order valence-corrected chi connectivity index (χ3v) is 5.12. The van der Waals surface area contributed by atoms with E-state index in [1.54, 1.807) is 17.9 Å². The lowest BCUT2D eigenvalue weighted by molar-refractivity contribution is 0.0835. The van der Waals surface area contributed by atoms with Crippen molar-refractivity contribution in [1.29, 1.82) is 0 Å². The van der Waals surface area contributed by atoms with Crippen molar-refractivity contribution in [2.45, 2.75) is 32.2 Å². The Hall–Kier alpha value is -2.60. The lowest BCUT2D eigenvalue weighted by Gasteiger charge is -2.21. The van der Waals surface area contributed by atoms with Crippen LogP contribution >= 0.6 is 0 Å². The number of methoxy groups -OCH3 is 1. The molecule has 1 aliphatic heterocycles. The molecule has 136 valence electrons. The molecule has 0 amide bonds. The lowest BCUT2D eigenvalue weighted by Crippen LogP contribution is -2.25. The van der Waals surface area contributed by atoms with Crippen LogP contribution in [-0.2, 0) is 11.3 Å². The molecule has 0 atom stereocenters. The number of ether oxygens (including phenoxy) is 2. The Balaban J connectivity index is 1.71. The van der Waals surface area contributed by atoms with E-state index in [0.717, 1.165) is 48.9 Å². The molecule has 0 spiro atoms. The number of fused-ring (bicyclic) bond motifs is 1. The number of nitrogens with zero attached hydrogens (tertiary/aromatic N) is 3. The summed E-state index contributed by atoms with van der Waals surface area (Å²) in [5.41, 5.74) is 2.60. The van der Waals surface area contributed by atoms with Crippen molar-refractivity contribution in [3.63, 3.8) is 0 Å². The summed E-state index contributed by atoms with van der Waals surface area (Å²) in [7, 11) is 1.65. The van der Waals surface area contributed by atoms with Crippen LogP contribution in [0.4, 0.5) is 0 Å². The second-order valence-corrected chi connectivity index (χ2v) is 6.77. The monoisotopic (exact) mass is 353 g/mol. The minimum atomic E-state index is -0.00775. The standard InChI is InChI=1S/C20H23N3O3/c1-14-12-23-18(11-21-19(23)16-7-9-26-10-8-16)20(24)22(14)13-15-3-5-17(25-2)6-4-15/h3-6,11-12,16H,7-10,13H2,1-2H3. The molecule has 0 aliphatic carbocycles. The molecule has 3 heterocycles. The van der Waals surface area contributed by atoms with Gasteiger partial charge < -0.3 is 14.0 Å². The molecule has 1 saturated heterocycles. The highest BCUT2D eigenvalue weighted by Gasteiger charge is 2.21. The van der Waals surface area contributed by atoms with Crippen LogP contribution in [0.5, 0.6) is 5.75 Å². The molecule has 1 fully saturated rings. The van der Waals surface area contributed by atoms with Gasteiger partial charge in [0.25, 0.3) is 5.56 Å². The van der Waals surface area contributed by atoms with E-state index >= 15 is 0 Å². The Labute approximate surface area is 152 Å². The van der Waals surface area contributed by atoms with Crippen molar-refractivity contribution in [3.8, 4) is 5.75 Å². The van der Waals surface area contributed by atoms with Gasteiger partial charge >= 0.3 is 0 Å². The van der Waals surface area contributed by atoms with Gasteiger partial charge in [-0.25, -0.2) is 4.98 Å². The van der Waals surface area contributed by atoms with Crippen LogP contribution in [0.1, 0.15) is 35.8 Å². The molecule has 26 heavy (non-hydrogen) atoms. The zero-order chi connectivity index (χ0) is 18.1. The lowest BCUT2D eigenvalue weighted by atomic mass is 10.00. The quantitative estimate of drug-likeness (QED) is 0.724. The fraction of sp³-hybridized carbons (Fsp3) is 0.400. The topological polar surface area (TPSA) is 57.8 Å². The SMILES string of the molecule is COc1ccc(Cn2c(C)cn3c(C4CCOCC4)ncc3c2=O)cc1. The van der Waals surface area contributed by atoms with Crippen LogP contribution in [0.2, 0.25) is 0 Å². The number of rotatable bonds is 4. The van der Waals surface area contributed by atoms with Crippen molar-refractivity contribution in [1.82, 2.24) is 14.0 Å². The summed E-state index contributed by atoms with van der Waals surface area (Å²) in [6.45, 7) is 4.02. The summed E-state index contributed by atoms with van der Waals surface area (Å²) in [6, 6.07) is 7.80. The average molecular weight is 353 g/mol. The van der Waals surface area contributed by atoms with E-state index < -0.39 is 0 Å². The van der Waals surface area contributed by atoms with Gasteiger partial charge in [-0.3, -0.25) is 9.20 Å². The summed E-state index contributed by atoms with van der Waals surface area (Å²) < 4.78 is 14.4. The van der Waals surface area contributed by atoms with E-state index in [1.807, 2.05) is 41.8 Å². The first kappa shape index (κ1) is 16.8. The first-order chi connectivity index (χ1) is 12.7. The maximum atomic E-state index is 13.0. The molecule has 4 rings (SSSR count). The molecule has 1 aromatic carbocycles. The van der Waals surface area contributed by atoms with Crippen LogP contribution in [0, 0.1) is 6.92 Å². The number of aromatic nitrogens is 3. The third-order valence-electron chi connectivity index (χ3n) is 5.12. The summed E-state index contributed by atoms with van der Waals surface area (Å²) >= 11 is 0. The molecule has 6 heteroatoms. The highest BCUT2D eigenvalue weighted by molar-refractivity contribution is 5.45. The Morgan fingerprint density at radius 3 is 2.65 bits per heavy atom. The van der Waals surface area contributed by atoms with Gasteiger partial charge in [0.1, 0.15) is 17.1 Å². The van der Waals surface area contributed by atoms with E-state index in [2.05, 4.69) is 4.98 Å². The van der Waals surface area contributed by atoms with Crippen LogP contribution in [0.3, 0.4) is 0 Å². The highest BCUT2D eigenvalue weighted by Crippen LogP contribution is 2.26. The van der Waals surface area contributed by atoms with Crippen molar-refractivity contribution in [3.05, 3.63) is 64.1 Å². The first-order valence-corrected chi connectivity index (χ1v) is 8.95. The van der Waals surface area contributed by atoms with E-state index in [1.165, 1.54) is 0 Å². The smallest absolute Gasteiger partial charge is 0.276 e. The van der Waals surface area contributed by atoms with Gasteiger partial charge in [0.2, 0.25) is 0 Å². The third kappa shape index (κ3) is 3.01. The fourth-order valence-corrected chi connectivity index (χ4v) is 3.59. The second-order valence-electron chi connectivity index (χ2n) is 6.77. The first-order valence-electron chi connectivity index (χ1n) is 8.95. The average Bonchev–Trinajstić information content (AvgIpc) is 3.10. The molecule has 0 radical (unpaired) electrons. The fourth-order valence-electron chi connectivity index (χ4n) is 3.59. The molecule has 3 aromatic rings. The van der Waals surface area contributed by atoms with E-state index in [9.17, 15) is 4.79 Å². The van der Waals surface area contributed by atoms with Gasteiger partial charge in [-0.15, -0.1) is 0 Å². The maximum Gasteiger partial charge on any atom is 0.276 e. The van der Waals surface area contributed by atoms with Gasteiger partial charge in [0, 0.05) is 31.0 Å². The Bertz CT molecular complexity index is 966. The molecule has 0 unspecified atom stereocenters. The van der Waals surface area contributed by atoms with Gasteiger partial charge in [0.15, 0.2) is 0 Å². The van der Waals surface area contributed by atoms with E-state index in [0.29, 0.717) is 18.0 Å². The molecule has 0 N–H and O–H groups in total.